The summed E-state index contributed by atoms with van der Waals surface area (Å²) in [6.45, 7) is 0. The van der Waals surface area contributed by atoms with E-state index in [0.29, 0.717) is 17.9 Å². The molecule has 0 aromatic rings. The lowest BCUT2D eigenvalue weighted by Gasteiger charge is -2.13. The minimum Gasteiger partial charge on any atom is -0.465 e. The third-order valence-corrected chi connectivity index (χ3v) is 2.36. The Morgan fingerprint density at radius 2 is 2.50 bits per heavy atom. The van der Waals surface area contributed by atoms with Gasteiger partial charge in [0, 0.05) is 5.75 Å². The van der Waals surface area contributed by atoms with Crippen molar-refractivity contribution in [2.24, 2.45) is 0 Å². The van der Waals surface area contributed by atoms with Crippen molar-refractivity contribution in [1.29, 1.82) is 0 Å². The van der Waals surface area contributed by atoms with Gasteiger partial charge in [0.2, 0.25) is 0 Å². The fourth-order valence-corrected chi connectivity index (χ4v) is 1.87. The van der Waals surface area contributed by atoms with Crippen molar-refractivity contribution in [3.8, 4) is 0 Å². The van der Waals surface area contributed by atoms with E-state index in [0.717, 1.165) is 4.90 Å². The fourth-order valence-electron chi connectivity index (χ4n) is 0.767. The van der Waals surface area contributed by atoms with Crippen LogP contribution in [0, 0.1) is 0 Å². The predicted molar refractivity (Wildman–Crippen MR) is 37.0 cm³/mol. The Bertz CT molecular complexity index is 161. The summed E-state index contributed by atoms with van der Waals surface area (Å²) in [5.41, 5.74) is 0. The molecule has 1 rings (SSSR count). The van der Waals surface area contributed by atoms with Crippen LogP contribution in [0.2, 0.25) is 0 Å². The topological polar surface area (TPSA) is 57.6 Å². The molecule has 1 aliphatic heterocycles. The van der Waals surface area contributed by atoms with Crippen LogP contribution in [0.1, 0.15) is 0 Å². The molecule has 0 radical (unpaired) electrons. The Kier molecular flexibility index (Phi) is 2.16. The van der Waals surface area contributed by atoms with Crippen LogP contribution in [0.4, 0.5) is 4.79 Å². The molecule has 1 amide bonds. The maximum Gasteiger partial charge on any atom is 0.408 e. The van der Waals surface area contributed by atoms with Gasteiger partial charge in [-0.2, -0.15) is 0 Å². The summed E-state index contributed by atoms with van der Waals surface area (Å²) in [5, 5.41) is 8.47. The molecule has 5 heteroatoms. The molecule has 1 atom stereocenters. The van der Waals surface area contributed by atoms with Crippen LogP contribution in [0.3, 0.4) is 0 Å². The Morgan fingerprint density at radius 1 is 1.80 bits per heavy atom. The number of hydrogen-bond donors (Lipinski definition) is 1. The molecule has 1 N–H and O–H groups in total. The molecule has 1 saturated heterocycles. The molecule has 1 fully saturated rings. The second kappa shape index (κ2) is 2.92. The van der Waals surface area contributed by atoms with Crippen molar-refractivity contribution in [3.05, 3.63) is 0 Å². The molecule has 0 bridgehead atoms. The van der Waals surface area contributed by atoms with Gasteiger partial charge in [-0.3, -0.25) is 4.90 Å². The molecule has 10 heavy (non-hydrogen) atoms. The summed E-state index contributed by atoms with van der Waals surface area (Å²) in [6.07, 6.45) is -0.337. The van der Waals surface area contributed by atoms with Gasteiger partial charge in [0.05, 0.1) is 5.88 Å². The summed E-state index contributed by atoms with van der Waals surface area (Å²) in [5.74, 6) is 1.01. The lowest BCUT2D eigenvalue weighted by atomic mass is 10.3. The molecule has 0 aromatic carbocycles. The lowest BCUT2D eigenvalue weighted by Crippen LogP contribution is -2.36. The summed E-state index contributed by atoms with van der Waals surface area (Å²) >= 11 is 1.46. The first-order chi connectivity index (χ1) is 4.75. The normalized spacial score (nSPS) is 24.8. The maximum atomic E-state index is 10.3. The second-order valence-corrected chi connectivity index (χ2v) is 2.96. The fraction of sp³-hybridized carbons (Fsp3) is 0.600. The van der Waals surface area contributed by atoms with E-state index in [-0.39, 0.29) is 0 Å². The summed E-state index contributed by atoms with van der Waals surface area (Å²) in [7, 11) is 0. The predicted octanol–water partition coefficient (Wildman–Crippen LogP) is 0.238. The minimum absolute atomic E-state index is 0.415. The second-order valence-electron chi connectivity index (χ2n) is 1.96. The average Bonchev–Trinajstić information content (AvgIpc) is 2.33. The van der Waals surface area contributed by atoms with Crippen LogP contribution in [0.15, 0.2) is 0 Å². The highest BCUT2D eigenvalue weighted by molar-refractivity contribution is 7.99. The van der Waals surface area contributed by atoms with Gasteiger partial charge in [-0.15, -0.1) is 11.8 Å². The third kappa shape index (κ3) is 1.23. The van der Waals surface area contributed by atoms with Crippen LogP contribution < -0.4 is 0 Å². The van der Waals surface area contributed by atoms with E-state index in [9.17, 15) is 9.59 Å². The van der Waals surface area contributed by atoms with Gasteiger partial charge >= 0.3 is 6.09 Å². The quantitative estimate of drug-likeness (QED) is 0.559. The van der Waals surface area contributed by atoms with Crippen LogP contribution in [0.5, 0.6) is 0 Å². The van der Waals surface area contributed by atoms with Crippen molar-refractivity contribution < 1.29 is 14.7 Å². The number of nitrogens with zero attached hydrogens (tertiary/aromatic N) is 1. The van der Waals surface area contributed by atoms with Gasteiger partial charge in [0.1, 0.15) is 12.3 Å². The minimum atomic E-state index is -1.01. The Hall–Kier alpha value is -0.710. The average molecular weight is 161 g/mol. The first-order valence-electron chi connectivity index (χ1n) is 2.78. The number of rotatable bonds is 1. The number of carbonyl (C=O) groups is 2. The largest absolute Gasteiger partial charge is 0.465 e. The van der Waals surface area contributed by atoms with Crippen LogP contribution in [0.25, 0.3) is 0 Å². The molecule has 0 aromatic heterocycles. The van der Waals surface area contributed by atoms with Crippen molar-refractivity contribution >= 4 is 24.1 Å². The molecule has 1 heterocycles. The summed E-state index contributed by atoms with van der Waals surface area (Å²) in [6, 6.07) is -0.428. The highest BCUT2D eigenvalue weighted by Crippen LogP contribution is 2.18. The van der Waals surface area contributed by atoms with Crippen molar-refractivity contribution in [2.45, 2.75) is 6.04 Å². The third-order valence-electron chi connectivity index (χ3n) is 1.32. The van der Waals surface area contributed by atoms with Crippen molar-refractivity contribution in [3.63, 3.8) is 0 Å². The number of thioether (sulfide) groups is 1. The summed E-state index contributed by atoms with van der Waals surface area (Å²) < 4.78 is 0. The van der Waals surface area contributed by atoms with Crippen LogP contribution in [-0.2, 0) is 4.79 Å². The van der Waals surface area contributed by atoms with Gasteiger partial charge in [0.25, 0.3) is 0 Å². The Balaban J connectivity index is 2.58. The lowest BCUT2D eigenvalue weighted by molar-refractivity contribution is -0.110. The Labute approximate surface area is 62.2 Å². The molecule has 4 nitrogen and oxygen atoms in total. The first kappa shape index (κ1) is 7.40. The van der Waals surface area contributed by atoms with E-state index in [1.807, 2.05) is 0 Å². The first-order valence-corrected chi connectivity index (χ1v) is 3.94. The smallest absolute Gasteiger partial charge is 0.408 e. The molecule has 56 valence electrons. The number of amides is 1. The van der Waals surface area contributed by atoms with Gasteiger partial charge in [-0.05, 0) is 0 Å². The number of hydrogen-bond acceptors (Lipinski definition) is 3. The molecule has 0 aliphatic carbocycles. The van der Waals surface area contributed by atoms with E-state index in [1.165, 1.54) is 11.8 Å². The molecule has 1 aliphatic rings. The zero-order valence-corrected chi connectivity index (χ0v) is 6.00. The van der Waals surface area contributed by atoms with Crippen molar-refractivity contribution in [2.75, 3.05) is 11.6 Å². The molecular weight excluding hydrogens is 154 g/mol. The number of aldehydes is 1. The molecular formula is C5H7NO3S. The summed E-state index contributed by atoms with van der Waals surface area (Å²) in [4.78, 5) is 21.7. The van der Waals surface area contributed by atoms with E-state index < -0.39 is 12.1 Å². The molecule has 0 unspecified atom stereocenters. The Morgan fingerprint density at radius 3 is 2.90 bits per heavy atom. The highest BCUT2D eigenvalue weighted by atomic mass is 32.2. The van der Waals surface area contributed by atoms with Gasteiger partial charge in [0.15, 0.2) is 0 Å². The van der Waals surface area contributed by atoms with E-state index >= 15 is 0 Å². The maximum absolute atomic E-state index is 10.3. The van der Waals surface area contributed by atoms with Crippen LogP contribution >= 0.6 is 11.8 Å². The van der Waals surface area contributed by atoms with Crippen LogP contribution in [-0.4, -0.2) is 40.1 Å². The highest BCUT2D eigenvalue weighted by Gasteiger charge is 2.28. The molecule has 0 saturated carbocycles. The SMILES string of the molecule is O=C[C@@H]1CSCN1C(=O)O. The van der Waals surface area contributed by atoms with Crippen molar-refractivity contribution in [1.82, 2.24) is 4.90 Å². The zero-order valence-electron chi connectivity index (χ0n) is 5.19. The van der Waals surface area contributed by atoms with E-state index in [1.54, 1.807) is 0 Å². The number of carbonyl (C=O) groups excluding carboxylic acids is 1. The van der Waals surface area contributed by atoms with E-state index in [4.69, 9.17) is 5.11 Å². The number of carboxylic acid groups (broad SMARTS) is 1. The standard InChI is InChI=1S/C5H7NO3S/c7-1-4-2-10-3-6(4)5(8)9/h1,4H,2-3H2,(H,8,9)/t4-/m1/s1. The zero-order chi connectivity index (χ0) is 7.56. The van der Waals surface area contributed by atoms with Gasteiger partial charge < -0.3 is 9.90 Å². The molecule has 0 spiro atoms. The van der Waals surface area contributed by atoms with Gasteiger partial charge in [-0.25, -0.2) is 4.79 Å². The van der Waals surface area contributed by atoms with E-state index in [2.05, 4.69) is 0 Å². The monoisotopic (exact) mass is 161 g/mol. The van der Waals surface area contributed by atoms with Gasteiger partial charge in [-0.1, -0.05) is 0 Å².